The molecule has 0 aromatic heterocycles. The van der Waals surface area contributed by atoms with Gasteiger partial charge in [0.25, 0.3) is 0 Å². The molecule has 0 spiro atoms. The van der Waals surface area contributed by atoms with Crippen molar-refractivity contribution in [2.45, 2.75) is 56.7 Å². The molecule has 0 radical (unpaired) electrons. The Morgan fingerprint density at radius 1 is 0.614 bits per heavy atom. The third-order valence-corrected chi connectivity index (χ3v) is 7.01. The fraction of sp³-hybridized carbons (Fsp3) is 0.486. The van der Waals surface area contributed by atoms with Crippen LogP contribution in [0.1, 0.15) is 59.1 Å². The summed E-state index contributed by atoms with van der Waals surface area (Å²) in [4.78, 5) is 0. The minimum Gasteiger partial charge on any atom is -0.871 e. The lowest BCUT2D eigenvalue weighted by molar-refractivity contribution is -0.849. The van der Waals surface area contributed by atoms with Gasteiger partial charge in [0.2, 0.25) is 0 Å². The van der Waals surface area contributed by atoms with E-state index in [1.807, 2.05) is 12.1 Å². The Morgan fingerprint density at radius 3 is 1.32 bits per heavy atom. The average molecular weight is 615 g/mol. The molecule has 242 valence electrons. The van der Waals surface area contributed by atoms with Gasteiger partial charge in [-0.2, -0.15) is 0 Å². The minimum absolute atomic E-state index is 0.323. The van der Waals surface area contributed by atoms with Gasteiger partial charge < -0.3 is 23.7 Å². The zero-order chi connectivity index (χ0) is 33.2. The van der Waals surface area contributed by atoms with E-state index < -0.39 is 38.4 Å². The predicted octanol–water partition coefficient (Wildman–Crippen LogP) is 5.22. The topological polar surface area (TPSA) is 55.3 Å². The first-order valence-corrected chi connectivity index (χ1v) is 15.0. The molecule has 3 aromatic carbocycles. The van der Waals surface area contributed by atoms with Crippen LogP contribution in [0.5, 0.6) is 0 Å². The van der Waals surface area contributed by atoms with E-state index in [2.05, 4.69) is 56.4 Å². The number of nitrogens with zero attached hydrogens (tertiary/aromatic N) is 2. The van der Waals surface area contributed by atoms with Crippen LogP contribution in [0.2, 0.25) is 0 Å². The van der Waals surface area contributed by atoms with E-state index in [-0.39, 0.29) is 0 Å². The van der Waals surface area contributed by atoms with Crippen LogP contribution in [0, 0.1) is 0 Å². The van der Waals surface area contributed by atoms with Crippen molar-refractivity contribution in [3.8, 4) is 0 Å². The van der Waals surface area contributed by atoms with Gasteiger partial charge in [-0.15, -0.1) is 0 Å². The smallest absolute Gasteiger partial charge is 0.115 e. The number of hydrogen-bond donors (Lipinski definition) is 0. The second-order valence-electron chi connectivity index (χ2n) is 14.2. The summed E-state index contributed by atoms with van der Waals surface area (Å²) < 4.78 is 48.9. The second-order valence-corrected chi connectivity index (χ2v) is 14.2. The minimum atomic E-state index is -2.61. The highest BCUT2D eigenvalue weighted by molar-refractivity contribution is 6.28. The van der Waals surface area contributed by atoms with Crippen molar-refractivity contribution in [2.24, 2.45) is 0 Å². The van der Waals surface area contributed by atoms with Crippen molar-refractivity contribution in [3.63, 3.8) is 0 Å². The first kappa shape index (κ1) is 37.5. The van der Waals surface area contributed by atoms with Crippen molar-refractivity contribution in [2.75, 3.05) is 56.4 Å². The molecule has 44 heavy (non-hydrogen) atoms. The molecule has 1 saturated carbocycles. The highest BCUT2D eigenvalue weighted by atomic mass is 19.1. The van der Waals surface area contributed by atoms with Crippen LogP contribution in [0.3, 0.4) is 0 Å². The molecule has 4 rings (SSSR count). The normalized spacial score (nSPS) is 17.9. The van der Waals surface area contributed by atoms with Gasteiger partial charge in [0.05, 0.1) is 74.7 Å². The van der Waals surface area contributed by atoms with Crippen LogP contribution in [-0.2, 0) is 35.7 Å². The van der Waals surface area contributed by atoms with E-state index in [0.29, 0.717) is 52.6 Å². The summed E-state index contributed by atoms with van der Waals surface area (Å²) in [5.41, 5.74) is 0.582. The zero-order valence-corrected chi connectivity index (χ0v) is 27.7. The first-order valence-electron chi connectivity index (χ1n) is 15.0. The first-order chi connectivity index (χ1) is 20.5. The molecule has 0 N–H and O–H groups in total. The maximum absolute atomic E-state index is 13.7. The van der Waals surface area contributed by atoms with Gasteiger partial charge in [-0.1, -0.05) is 85.6 Å². The third-order valence-electron chi connectivity index (χ3n) is 7.01. The molecule has 1 unspecified atom stereocenters. The number of hydrogen-bond acceptors (Lipinski definition) is 3. The lowest BCUT2D eigenvalue weighted by Gasteiger charge is -2.58. The Morgan fingerprint density at radius 2 is 0.955 bits per heavy atom. The highest BCUT2D eigenvalue weighted by Gasteiger charge is 2.56. The van der Waals surface area contributed by atoms with Crippen LogP contribution in [-0.4, -0.2) is 72.7 Å². The third kappa shape index (κ3) is 10.5. The maximum Gasteiger partial charge on any atom is 0.115 e. The molecular weight excluding hydrogens is 564 g/mol. The molecule has 0 heterocycles. The summed E-state index contributed by atoms with van der Waals surface area (Å²) in [6, 6.07) is 20.5. The van der Waals surface area contributed by atoms with E-state index in [0.717, 1.165) is 15.4 Å². The summed E-state index contributed by atoms with van der Waals surface area (Å²) >= 11 is 0. The van der Waals surface area contributed by atoms with Crippen molar-refractivity contribution >= 4 is 7.32 Å². The zero-order valence-electron chi connectivity index (χ0n) is 27.7. The molecule has 0 aliphatic heterocycles. The van der Waals surface area contributed by atoms with Crippen molar-refractivity contribution in [1.29, 1.82) is 0 Å². The fourth-order valence-corrected chi connectivity index (χ4v) is 5.63. The molecule has 1 fully saturated rings. The second kappa shape index (κ2) is 16.0. The summed E-state index contributed by atoms with van der Waals surface area (Å²) in [7, 11) is 14.4. The molecule has 1 aliphatic rings. The van der Waals surface area contributed by atoms with Crippen LogP contribution in [0.4, 0.5) is 13.2 Å². The van der Waals surface area contributed by atoms with Crippen molar-refractivity contribution < 1.29 is 36.8 Å². The number of halogens is 3. The van der Waals surface area contributed by atoms with E-state index >= 15 is 0 Å². The van der Waals surface area contributed by atoms with E-state index in [4.69, 9.17) is 4.65 Å². The van der Waals surface area contributed by atoms with E-state index in [9.17, 15) is 23.2 Å². The largest absolute Gasteiger partial charge is 0.871 e. The quantitative estimate of drug-likeness (QED) is 0.259. The summed E-state index contributed by atoms with van der Waals surface area (Å²) in [5, 5.41) is 24.3. The van der Waals surface area contributed by atoms with Crippen LogP contribution in [0.15, 0.2) is 72.8 Å². The Balaban J connectivity index is 0.000000586. The molecule has 0 amide bonds. The monoisotopic (exact) mass is 614 g/mol. The van der Waals surface area contributed by atoms with E-state index in [1.165, 1.54) is 0 Å². The Kier molecular flexibility index (Phi) is 13.7. The molecule has 3 aromatic rings. The number of alkyl halides is 3. The Bertz CT molecular complexity index is 1240. The van der Waals surface area contributed by atoms with Crippen molar-refractivity contribution in [3.05, 3.63) is 106 Å². The number of benzene rings is 3. The molecule has 0 bridgehead atoms. The Hall–Kier alpha value is -2.69. The molecule has 1 aliphatic carbocycles. The van der Waals surface area contributed by atoms with Gasteiger partial charge in [-0.05, 0) is 46.2 Å². The average Bonchev–Trinajstić information content (AvgIpc) is 2.95. The standard InChI is InChI=1S/C27H26BF3O3.2C4H12N/c29-17-20-6-3-9-23(14-20)26(24-10-4-7-21(15-24)18-30)12-1-2-13-27(26,34-28(32)33)25-11-5-8-22(16-25)19-31;2*1-5(2,3)4/h3-11,14-16H,1-2,12-13,17-19H2;2*1-4H3/q-2;2*+1. The number of rotatable bonds is 8. The number of quaternary nitrogens is 2. The fourth-order valence-electron chi connectivity index (χ4n) is 5.63. The van der Waals surface area contributed by atoms with Gasteiger partial charge in [0, 0.05) is 0 Å². The van der Waals surface area contributed by atoms with Gasteiger partial charge >= 0.3 is 0 Å². The van der Waals surface area contributed by atoms with E-state index in [1.54, 1.807) is 60.7 Å². The predicted molar refractivity (Wildman–Crippen MR) is 169 cm³/mol. The van der Waals surface area contributed by atoms with Gasteiger partial charge in [-0.25, -0.2) is 13.2 Å². The summed E-state index contributed by atoms with van der Waals surface area (Å²) in [5.74, 6) is 0. The van der Waals surface area contributed by atoms with Gasteiger partial charge in [-0.3, -0.25) is 0 Å². The molecule has 1 atom stereocenters. The lowest BCUT2D eigenvalue weighted by Crippen LogP contribution is -2.61. The Labute approximate surface area is 263 Å². The van der Waals surface area contributed by atoms with Crippen molar-refractivity contribution in [1.82, 2.24) is 0 Å². The van der Waals surface area contributed by atoms with Crippen LogP contribution >= 0.6 is 0 Å². The summed E-state index contributed by atoms with van der Waals surface area (Å²) in [6.45, 7) is -2.10. The van der Waals surface area contributed by atoms with Gasteiger partial charge in [0.1, 0.15) is 20.0 Å². The van der Waals surface area contributed by atoms with Gasteiger partial charge in [0.15, 0.2) is 0 Å². The summed E-state index contributed by atoms with van der Waals surface area (Å²) in [6.07, 6.45) is 2.21. The molecule has 9 heteroatoms. The molecule has 5 nitrogen and oxygen atoms in total. The maximum atomic E-state index is 13.7. The lowest BCUT2D eigenvalue weighted by atomic mass is 9.53. The van der Waals surface area contributed by atoms with Crippen LogP contribution < -0.4 is 10.0 Å². The molecular formula is C35H50BF3N2O3. The van der Waals surface area contributed by atoms with Crippen LogP contribution in [0.25, 0.3) is 0 Å². The highest BCUT2D eigenvalue weighted by Crippen LogP contribution is 2.58. The molecule has 0 saturated heterocycles. The SMILES string of the molecule is C[N+](C)(C)C.C[N+](C)(C)C.[O-]B([O-])OC1(c2cccc(CF)c2)CCCCC1(c1cccc(CF)c1)c1cccc(CF)c1.